The summed E-state index contributed by atoms with van der Waals surface area (Å²) in [5.41, 5.74) is 1.50. The van der Waals surface area contributed by atoms with Crippen LogP contribution in [0.3, 0.4) is 0 Å². The summed E-state index contributed by atoms with van der Waals surface area (Å²) in [4.78, 5) is 23.2. The molecular weight excluding hydrogens is 399 g/mol. The average molecular weight is 419 g/mol. The van der Waals surface area contributed by atoms with Crippen LogP contribution in [-0.2, 0) is 0 Å². The Balaban J connectivity index is 1.70. The van der Waals surface area contributed by atoms with Crippen LogP contribution in [0.15, 0.2) is 30.7 Å². The Morgan fingerprint density at radius 1 is 1.45 bits per heavy atom. The Morgan fingerprint density at radius 2 is 2.31 bits per heavy atom. The number of carbonyl (C=O) groups excluding carboxylic acids is 1. The van der Waals surface area contributed by atoms with Gasteiger partial charge in [0.05, 0.1) is 25.5 Å². The number of nitrogens with zero attached hydrogens (tertiary/aromatic N) is 5. The Morgan fingerprint density at radius 3 is 3.10 bits per heavy atom. The molecule has 1 saturated heterocycles. The largest absolute Gasteiger partial charge is 0.481 e. The third-order valence-corrected chi connectivity index (χ3v) is 5.11. The lowest BCUT2D eigenvalue weighted by Crippen LogP contribution is -2.26. The van der Waals surface area contributed by atoms with Crippen molar-refractivity contribution in [3.63, 3.8) is 0 Å². The fourth-order valence-corrected chi connectivity index (χ4v) is 3.75. The van der Waals surface area contributed by atoms with Crippen molar-refractivity contribution in [2.75, 3.05) is 31.0 Å². The lowest BCUT2D eigenvalue weighted by Gasteiger charge is -2.26. The first kappa shape index (κ1) is 19.4. The number of pyridine rings is 1. The van der Waals surface area contributed by atoms with Gasteiger partial charge in [0.2, 0.25) is 5.88 Å². The number of hydrogen-bond donors (Lipinski definition) is 1. The summed E-state index contributed by atoms with van der Waals surface area (Å²) < 4.78 is 20.7. The third-order valence-electron chi connectivity index (χ3n) is 4.92. The molecule has 3 aromatic heterocycles. The van der Waals surface area contributed by atoms with Crippen molar-refractivity contribution in [1.82, 2.24) is 24.9 Å². The van der Waals surface area contributed by atoms with Gasteiger partial charge in [-0.15, -0.1) is 11.6 Å². The number of hydrogen-bond acceptors (Lipinski definition) is 6. The summed E-state index contributed by atoms with van der Waals surface area (Å²) in [5.74, 6) is 0.709. The highest BCUT2D eigenvalue weighted by atomic mass is 35.5. The molecule has 0 saturated carbocycles. The van der Waals surface area contributed by atoms with E-state index in [1.165, 1.54) is 19.4 Å². The zero-order valence-electron chi connectivity index (χ0n) is 15.8. The minimum atomic E-state index is -0.412. The molecular formula is C19H20ClFN6O2. The maximum atomic E-state index is 13.9. The highest BCUT2D eigenvalue weighted by Crippen LogP contribution is 2.38. The molecule has 1 aliphatic heterocycles. The molecule has 0 radical (unpaired) electrons. The molecule has 1 fully saturated rings. The van der Waals surface area contributed by atoms with E-state index in [0.29, 0.717) is 40.9 Å². The highest BCUT2D eigenvalue weighted by molar-refractivity contribution is 6.18. The molecule has 4 heterocycles. The SMILES string of the molecule is COc1ncc(F)cc1[C@H]1CCCN1c1ccn2ncc(C(=O)NCCCl)c2n1. The van der Waals surface area contributed by atoms with Crippen molar-refractivity contribution in [3.8, 4) is 5.88 Å². The molecule has 0 unspecified atom stereocenters. The molecule has 0 spiro atoms. The van der Waals surface area contributed by atoms with Crippen LogP contribution in [0.4, 0.5) is 10.2 Å². The normalized spacial score (nSPS) is 16.4. The minimum Gasteiger partial charge on any atom is -0.481 e. The maximum Gasteiger partial charge on any atom is 0.256 e. The quantitative estimate of drug-likeness (QED) is 0.619. The van der Waals surface area contributed by atoms with E-state index in [9.17, 15) is 9.18 Å². The van der Waals surface area contributed by atoms with Gasteiger partial charge in [-0.2, -0.15) is 5.10 Å². The smallest absolute Gasteiger partial charge is 0.256 e. The van der Waals surface area contributed by atoms with Gasteiger partial charge in [-0.3, -0.25) is 4.79 Å². The predicted molar refractivity (Wildman–Crippen MR) is 106 cm³/mol. The minimum absolute atomic E-state index is 0.125. The Hall–Kier alpha value is -2.94. The van der Waals surface area contributed by atoms with Gasteiger partial charge in [-0.1, -0.05) is 0 Å². The van der Waals surface area contributed by atoms with E-state index in [1.807, 2.05) is 6.07 Å². The van der Waals surface area contributed by atoms with Crippen molar-refractivity contribution in [1.29, 1.82) is 0 Å². The lowest BCUT2D eigenvalue weighted by atomic mass is 10.1. The Kier molecular flexibility index (Phi) is 5.48. The van der Waals surface area contributed by atoms with Gasteiger partial charge in [-0.05, 0) is 25.0 Å². The number of aromatic nitrogens is 4. The van der Waals surface area contributed by atoms with Crippen LogP contribution in [-0.4, -0.2) is 51.6 Å². The summed E-state index contributed by atoms with van der Waals surface area (Å²) in [6.07, 6.45) is 6.11. The van der Waals surface area contributed by atoms with Gasteiger partial charge < -0.3 is 15.0 Å². The van der Waals surface area contributed by atoms with E-state index in [1.54, 1.807) is 10.7 Å². The highest BCUT2D eigenvalue weighted by Gasteiger charge is 2.31. The molecule has 152 valence electrons. The maximum absolute atomic E-state index is 13.9. The van der Waals surface area contributed by atoms with Crippen molar-refractivity contribution < 1.29 is 13.9 Å². The van der Waals surface area contributed by atoms with Crippen molar-refractivity contribution in [2.24, 2.45) is 0 Å². The molecule has 4 rings (SSSR count). The third kappa shape index (κ3) is 3.69. The lowest BCUT2D eigenvalue weighted by molar-refractivity contribution is 0.0957. The monoisotopic (exact) mass is 418 g/mol. The summed E-state index contributed by atoms with van der Waals surface area (Å²) in [6, 6.07) is 3.16. The van der Waals surface area contributed by atoms with E-state index in [-0.39, 0.29) is 11.9 Å². The summed E-state index contributed by atoms with van der Waals surface area (Å²) in [5, 5.41) is 6.92. The van der Waals surface area contributed by atoms with Crippen LogP contribution in [0.1, 0.15) is 34.8 Å². The van der Waals surface area contributed by atoms with Gasteiger partial charge in [0.25, 0.3) is 5.91 Å². The number of rotatable bonds is 6. The first-order valence-corrected chi connectivity index (χ1v) is 9.80. The Labute approximate surface area is 171 Å². The first-order chi connectivity index (χ1) is 14.1. The number of anilines is 1. The second kappa shape index (κ2) is 8.20. The molecule has 10 heteroatoms. The van der Waals surface area contributed by atoms with Crippen LogP contribution in [0.5, 0.6) is 5.88 Å². The Bertz CT molecular complexity index is 1040. The van der Waals surface area contributed by atoms with E-state index >= 15 is 0 Å². The number of methoxy groups -OCH3 is 1. The van der Waals surface area contributed by atoms with Crippen LogP contribution >= 0.6 is 11.6 Å². The zero-order valence-corrected chi connectivity index (χ0v) is 16.6. The number of nitrogens with one attached hydrogen (secondary N) is 1. The number of carbonyl (C=O) groups is 1. The molecule has 1 atom stereocenters. The van der Waals surface area contributed by atoms with Gasteiger partial charge in [0.1, 0.15) is 17.2 Å². The molecule has 3 aromatic rings. The number of ether oxygens (including phenoxy) is 1. The first-order valence-electron chi connectivity index (χ1n) is 9.27. The van der Waals surface area contributed by atoms with Gasteiger partial charge >= 0.3 is 0 Å². The summed E-state index contributed by atoms with van der Waals surface area (Å²) in [6.45, 7) is 1.10. The van der Waals surface area contributed by atoms with Crippen LogP contribution in [0.25, 0.3) is 5.65 Å². The molecule has 1 amide bonds. The fraction of sp³-hybridized carbons (Fsp3) is 0.368. The molecule has 1 aliphatic rings. The molecule has 1 N–H and O–H groups in total. The van der Waals surface area contributed by atoms with Crippen LogP contribution in [0.2, 0.25) is 0 Å². The van der Waals surface area contributed by atoms with E-state index in [2.05, 4.69) is 25.3 Å². The molecule has 0 aliphatic carbocycles. The number of fused-ring (bicyclic) bond motifs is 1. The average Bonchev–Trinajstić information content (AvgIpc) is 3.38. The van der Waals surface area contributed by atoms with E-state index in [0.717, 1.165) is 25.6 Å². The predicted octanol–water partition coefficient (Wildman–Crippen LogP) is 2.58. The van der Waals surface area contributed by atoms with Gasteiger partial charge in [0, 0.05) is 30.7 Å². The van der Waals surface area contributed by atoms with E-state index in [4.69, 9.17) is 16.3 Å². The van der Waals surface area contributed by atoms with Crippen LogP contribution in [0, 0.1) is 5.82 Å². The topological polar surface area (TPSA) is 84.6 Å². The van der Waals surface area contributed by atoms with Gasteiger partial charge in [-0.25, -0.2) is 18.9 Å². The standard InChI is InChI=1S/C19H20ClFN6O2/c1-29-19-13(9-12(21)10-23-19)15-3-2-7-26(15)16-4-8-27-17(25-16)14(11-24-27)18(28)22-6-5-20/h4,8-11,15H,2-3,5-7H2,1H3,(H,22,28)/t15-/m1/s1. The molecule has 0 aromatic carbocycles. The zero-order chi connectivity index (χ0) is 20.4. The van der Waals surface area contributed by atoms with Crippen molar-refractivity contribution >= 4 is 29.0 Å². The molecule has 8 nitrogen and oxygen atoms in total. The molecule has 0 bridgehead atoms. The summed E-state index contributed by atoms with van der Waals surface area (Å²) >= 11 is 5.65. The van der Waals surface area contributed by atoms with Gasteiger partial charge in [0.15, 0.2) is 5.65 Å². The fourth-order valence-electron chi connectivity index (χ4n) is 3.65. The second-order valence-electron chi connectivity index (χ2n) is 6.66. The number of halogens is 2. The van der Waals surface area contributed by atoms with Crippen LogP contribution < -0.4 is 15.0 Å². The second-order valence-corrected chi connectivity index (χ2v) is 7.04. The number of alkyl halides is 1. The van der Waals surface area contributed by atoms with Crippen molar-refractivity contribution in [2.45, 2.75) is 18.9 Å². The van der Waals surface area contributed by atoms with Crippen molar-refractivity contribution in [3.05, 3.63) is 47.7 Å². The number of amides is 1. The summed E-state index contributed by atoms with van der Waals surface area (Å²) in [7, 11) is 1.52. The molecule has 29 heavy (non-hydrogen) atoms. The van der Waals surface area contributed by atoms with E-state index < -0.39 is 5.82 Å².